The lowest BCUT2D eigenvalue weighted by Gasteiger charge is -2.25. The molecule has 5 rings (SSSR count). The van der Waals surface area contributed by atoms with Crippen LogP contribution in [-0.4, -0.2) is 43.8 Å². The summed E-state index contributed by atoms with van der Waals surface area (Å²) in [4.78, 5) is 19.6. The van der Waals surface area contributed by atoms with Gasteiger partial charge in [0.15, 0.2) is 0 Å². The summed E-state index contributed by atoms with van der Waals surface area (Å²) in [6, 6.07) is 1.60. The molecule has 10 heteroatoms. The van der Waals surface area contributed by atoms with Crippen molar-refractivity contribution in [3.8, 4) is 11.4 Å². The highest BCUT2D eigenvalue weighted by molar-refractivity contribution is 5.71. The van der Waals surface area contributed by atoms with Gasteiger partial charge in [-0.1, -0.05) is 5.16 Å². The highest BCUT2D eigenvalue weighted by atomic mass is 19.3. The highest BCUT2D eigenvalue weighted by Gasteiger charge is 2.37. The maximum Gasteiger partial charge on any atom is 0.251 e. The second kappa shape index (κ2) is 7.01. The van der Waals surface area contributed by atoms with Gasteiger partial charge < -0.3 is 14.8 Å². The summed E-state index contributed by atoms with van der Waals surface area (Å²) < 4.78 is 33.9. The number of nitrogens with zero attached hydrogens (tertiary/aromatic N) is 4. The Balaban J connectivity index is 1.48. The number of piperidine rings is 1. The summed E-state index contributed by atoms with van der Waals surface area (Å²) in [5, 5.41) is 11.8. The van der Waals surface area contributed by atoms with Crippen molar-refractivity contribution in [2.75, 3.05) is 13.1 Å². The minimum absolute atomic E-state index is 0.165. The minimum atomic E-state index is -2.60. The van der Waals surface area contributed by atoms with Gasteiger partial charge in [0.25, 0.3) is 5.56 Å². The number of H-pyrrole nitrogens is 1. The van der Waals surface area contributed by atoms with Gasteiger partial charge in [0.05, 0.1) is 17.5 Å². The third-order valence-corrected chi connectivity index (χ3v) is 6.04. The standard InChI is InChI=1S/C19H22F2N6O2/c20-19(21)5-1-12(2-6-19)18-25-16(26-29-18)13-10-23-27-14(9-15(28)24-17(13)27)11-3-7-22-8-4-11/h9-12,22H,1-8H2,(H,24,28). The molecule has 1 aliphatic carbocycles. The van der Waals surface area contributed by atoms with Crippen LogP contribution >= 0.6 is 0 Å². The Morgan fingerprint density at radius 2 is 1.90 bits per heavy atom. The van der Waals surface area contributed by atoms with Gasteiger partial charge >= 0.3 is 0 Å². The lowest BCUT2D eigenvalue weighted by atomic mass is 9.87. The van der Waals surface area contributed by atoms with Gasteiger partial charge in [0.1, 0.15) is 5.65 Å². The Kier molecular flexibility index (Phi) is 4.45. The Bertz CT molecular complexity index is 1070. The lowest BCUT2D eigenvalue weighted by molar-refractivity contribution is -0.0402. The van der Waals surface area contributed by atoms with Crippen LogP contribution in [0.15, 0.2) is 21.6 Å². The van der Waals surface area contributed by atoms with E-state index in [2.05, 4.69) is 25.5 Å². The number of rotatable bonds is 3. The van der Waals surface area contributed by atoms with Crippen molar-refractivity contribution in [3.05, 3.63) is 34.2 Å². The van der Waals surface area contributed by atoms with Crippen LogP contribution in [0.3, 0.4) is 0 Å². The van der Waals surface area contributed by atoms with E-state index in [1.54, 1.807) is 16.8 Å². The van der Waals surface area contributed by atoms with E-state index in [9.17, 15) is 13.6 Å². The van der Waals surface area contributed by atoms with Gasteiger partial charge in [-0.15, -0.1) is 0 Å². The number of aromatic amines is 1. The number of aromatic nitrogens is 5. The Morgan fingerprint density at radius 1 is 1.14 bits per heavy atom. The first-order valence-corrected chi connectivity index (χ1v) is 10.0. The molecule has 1 aliphatic heterocycles. The number of hydrogen-bond donors (Lipinski definition) is 2. The molecule has 2 N–H and O–H groups in total. The fourth-order valence-corrected chi connectivity index (χ4v) is 4.38. The average Bonchev–Trinajstić information content (AvgIpc) is 3.35. The SMILES string of the molecule is O=c1cc(C2CCNCC2)n2ncc(-c3noc(C4CCC(F)(F)CC4)n3)c2[nH]1. The Morgan fingerprint density at radius 3 is 2.66 bits per heavy atom. The smallest absolute Gasteiger partial charge is 0.251 e. The molecule has 0 aromatic carbocycles. The summed E-state index contributed by atoms with van der Waals surface area (Å²) in [6.07, 6.45) is 3.79. The molecule has 3 aromatic rings. The predicted octanol–water partition coefficient (Wildman–Crippen LogP) is 2.83. The molecular formula is C19H22F2N6O2. The van der Waals surface area contributed by atoms with Crippen LogP contribution in [0.25, 0.3) is 17.0 Å². The van der Waals surface area contributed by atoms with Gasteiger partial charge in [-0.2, -0.15) is 10.1 Å². The fraction of sp³-hybridized carbons (Fsp3) is 0.579. The molecule has 2 fully saturated rings. The summed E-state index contributed by atoms with van der Waals surface area (Å²) in [6.45, 7) is 1.81. The maximum absolute atomic E-state index is 13.4. The van der Waals surface area contributed by atoms with E-state index < -0.39 is 5.92 Å². The Labute approximate surface area is 164 Å². The average molecular weight is 404 g/mol. The second-order valence-corrected chi connectivity index (χ2v) is 7.99. The van der Waals surface area contributed by atoms with Crippen molar-refractivity contribution in [3.63, 3.8) is 0 Å². The monoisotopic (exact) mass is 404 g/mol. The normalized spacial score (nSPS) is 21.0. The largest absolute Gasteiger partial charge is 0.339 e. The van der Waals surface area contributed by atoms with Crippen LogP contribution in [-0.2, 0) is 0 Å². The molecule has 29 heavy (non-hydrogen) atoms. The lowest BCUT2D eigenvalue weighted by Crippen LogP contribution is -2.28. The third-order valence-electron chi connectivity index (χ3n) is 6.04. The van der Waals surface area contributed by atoms with E-state index in [1.807, 2.05) is 0 Å². The van der Waals surface area contributed by atoms with Crippen molar-refractivity contribution in [2.45, 2.75) is 56.3 Å². The van der Waals surface area contributed by atoms with Crippen molar-refractivity contribution >= 4 is 5.65 Å². The molecule has 1 saturated carbocycles. The first-order chi connectivity index (χ1) is 14.0. The molecule has 4 heterocycles. The zero-order chi connectivity index (χ0) is 20.0. The van der Waals surface area contributed by atoms with E-state index in [0.717, 1.165) is 31.6 Å². The molecule has 154 valence electrons. The topological polar surface area (TPSA) is 101 Å². The van der Waals surface area contributed by atoms with Gasteiger partial charge in [0.2, 0.25) is 17.6 Å². The molecule has 0 spiro atoms. The van der Waals surface area contributed by atoms with Crippen LogP contribution in [0.1, 0.15) is 61.9 Å². The second-order valence-electron chi connectivity index (χ2n) is 7.99. The molecule has 1 saturated heterocycles. The van der Waals surface area contributed by atoms with E-state index in [4.69, 9.17) is 4.52 Å². The molecule has 0 radical (unpaired) electrons. The minimum Gasteiger partial charge on any atom is -0.339 e. The highest BCUT2D eigenvalue weighted by Crippen LogP contribution is 2.40. The van der Waals surface area contributed by atoms with Gasteiger partial charge in [-0.25, -0.2) is 13.3 Å². The summed E-state index contributed by atoms with van der Waals surface area (Å²) >= 11 is 0. The zero-order valence-corrected chi connectivity index (χ0v) is 15.8. The van der Waals surface area contributed by atoms with Crippen LogP contribution in [0.5, 0.6) is 0 Å². The molecule has 0 bridgehead atoms. The first-order valence-electron chi connectivity index (χ1n) is 10.0. The summed E-state index contributed by atoms with van der Waals surface area (Å²) in [5.74, 6) is -1.84. The van der Waals surface area contributed by atoms with Gasteiger partial charge in [-0.3, -0.25) is 4.79 Å². The molecule has 2 aliphatic rings. The van der Waals surface area contributed by atoms with Crippen LogP contribution in [0.4, 0.5) is 8.78 Å². The van der Waals surface area contributed by atoms with Crippen molar-refractivity contribution in [2.24, 2.45) is 0 Å². The molecule has 0 atom stereocenters. The molecule has 0 amide bonds. The van der Waals surface area contributed by atoms with Crippen molar-refractivity contribution in [1.29, 1.82) is 0 Å². The van der Waals surface area contributed by atoms with E-state index in [0.29, 0.717) is 35.8 Å². The number of hydrogen-bond acceptors (Lipinski definition) is 6. The van der Waals surface area contributed by atoms with Gasteiger partial charge in [0, 0.05) is 30.7 Å². The summed E-state index contributed by atoms with van der Waals surface area (Å²) in [7, 11) is 0. The number of fused-ring (bicyclic) bond motifs is 1. The molecule has 0 unspecified atom stereocenters. The molecule has 8 nitrogen and oxygen atoms in total. The first kappa shape index (κ1) is 18.4. The molecule has 3 aromatic heterocycles. The number of nitrogens with one attached hydrogen (secondary N) is 2. The maximum atomic E-state index is 13.4. The number of alkyl halides is 2. The summed E-state index contributed by atoms with van der Waals surface area (Å²) in [5.41, 5.74) is 1.75. The van der Waals surface area contributed by atoms with E-state index in [1.165, 1.54) is 0 Å². The zero-order valence-electron chi connectivity index (χ0n) is 15.8. The van der Waals surface area contributed by atoms with Crippen LogP contribution in [0.2, 0.25) is 0 Å². The van der Waals surface area contributed by atoms with Crippen molar-refractivity contribution < 1.29 is 13.3 Å². The third kappa shape index (κ3) is 3.45. The van der Waals surface area contributed by atoms with E-state index >= 15 is 0 Å². The predicted molar refractivity (Wildman–Crippen MR) is 100 cm³/mol. The van der Waals surface area contributed by atoms with Crippen molar-refractivity contribution in [1.82, 2.24) is 30.1 Å². The van der Waals surface area contributed by atoms with E-state index in [-0.39, 0.29) is 30.2 Å². The van der Waals surface area contributed by atoms with Crippen LogP contribution < -0.4 is 10.9 Å². The fourth-order valence-electron chi connectivity index (χ4n) is 4.38. The molecular weight excluding hydrogens is 382 g/mol. The Hall–Kier alpha value is -2.62. The number of halogens is 2. The van der Waals surface area contributed by atoms with Crippen LogP contribution in [0, 0.1) is 0 Å². The van der Waals surface area contributed by atoms with Gasteiger partial charge in [-0.05, 0) is 38.8 Å². The quantitative estimate of drug-likeness (QED) is 0.696.